The molecule has 0 amide bonds. The van der Waals surface area contributed by atoms with Crippen molar-refractivity contribution >= 4 is 11.6 Å². The molecule has 1 saturated heterocycles. The van der Waals surface area contributed by atoms with Crippen LogP contribution in [0.3, 0.4) is 0 Å². The van der Waals surface area contributed by atoms with Crippen molar-refractivity contribution in [2.45, 2.75) is 38.4 Å². The molecule has 0 spiro atoms. The first-order valence-corrected chi connectivity index (χ1v) is 4.13. The Balaban J connectivity index is 1.92. The second kappa shape index (κ2) is 3.43. The lowest BCUT2D eigenvalue weighted by Gasteiger charge is -1.88. The number of halogens is 1. The third-order valence-electron chi connectivity index (χ3n) is 1.68. The summed E-state index contributed by atoms with van der Waals surface area (Å²) in [5.41, 5.74) is 0. The number of hydrogen-bond acceptors (Lipinski definition) is 1. The summed E-state index contributed by atoms with van der Waals surface area (Å²) in [6, 6.07) is 0. The van der Waals surface area contributed by atoms with Gasteiger partial charge in [-0.25, -0.2) is 0 Å². The van der Waals surface area contributed by atoms with Crippen molar-refractivity contribution in [2.24, 2.45) is 0 Å². The maximum atomic E-state index is 5.55. The number of hydrogen-bond donors (Lipinski definition) is 0. The molecule has 54 valence electrons. The summed E-state index contributed by atoms with van der Waals surface area (Å²) in [7, 11) is 0. The molecule has 2 atom stereocenters. The number of ether oxygens (including phenoxy) is 1. The molecule has 1 rings (SSSR count). The molecule has 0 aromatic carbocycles. The van der Waals surface area contributed by atoms with Crippen molar-refractivity contribution in [2.75, 3.05) is 5.88 Å². The predicted molar refractivity (Wildman–Crippen MR) is 38.9 cm³/mol. The van der Waals surface area contributed by atoms with Crippen LogP contribution in [0.1, 0.15) is 26.2 Å². The highest BCUT2D eigenvalue weighted by Crippen LogP contribution is 2.27. The van der Waals surface area contributed by atoms with Crippen LogP contribution < -0.4 is 0 Å². The average molecular weight is 149 g/mol. The Morgan fingerprint density at radius 2 is 2.22 bits per heavy atom. The Kier molecular flexibility index (Phi) is 2.80. The highest BCUT2D eigenvalue weighted by Gasteiger charge is 2.36. The van der Waals surface area contributed by atoms with E-state index in [-0.39, 0.29) is 0 Å². The average Bonchev–Trinajstić information content (AvgIpc) is 2.62. The lowest BCUT2D eigenvalue weighted by atomic mass is 10.2. The molecular weight excluding hydrogens is 136 g/mol. The van der Waals surface area contributed by atoms with Gasteiger partial charge in [0.2, 0.25) is 0 Å². The molecule has 0 unspecified atom stereocenters. The van der Waals surface area contributed by atoms with Crippen molar-refractivity contribution in [1.82, 2.24) is 0 Å². The second-order valence-electron chi connectivity index (χ2n) is 2.51. The molecule has 1 fully saturated rings. The van der Waals surface area contributed by atoms with Crippen molar-refractivity contribution in [1.29, 1.82) is 0 Å². The summed E-state index contributed by atoms with van der Waals surface area (Å²) in [6.45, 7) is 2.19. The lowest BCUT2D eigenvalue weighted by molar-refractivity contribution is 0.367. The van der Waals surface area contributed by atoms with Gasteiger partial charge in [0.15, 0.2) is 0 Å². The maximum absolute atomic E-state index is 5.55. The smallest absolute Gasteiger partial charge is 0.0976 e. The van der Waals surface area contributed by atoms with Gasteiger partial charge in [-0.1, -0.05) is 19.8 Å². The fourth-order valence-corrected chi connectivity index (χ4v) is 1.25. The zero-order valence-electron chi connectivity index (χ0n) is 5.77. The Labute approximate surface area is 61.3 Å². The molecule has 1 aliphatic heterocycles. The van der Waals surface area contributed by atoms with E-state index >= 15 is 0 Å². The predicted octanol–water partition coefficient (Wildman–Crippen LogP) is 2.18. The van der Waals surface area contributed by atoms with Gasteiger partial charge in [0.25, 0.3) is 0 Å². The first-order valence-electron chi connectivity index (χ1n) is 3.60. The summed E-state index contributed by atoms with van der Waals surface area (Å²) in [4.78, 5) is 0. The van der Waals surface area contributed by atoms with E-state index in [9.17, 15) is 0 Å². The van der Waals surface area contributed by atoms with Gasteiger partial charge in [-0.05, 0) is 6.42 Å². The third-order valence-corrected chi connectivity index (χ3v) is 1.99. The van der Waals surface area contributed by atoms with E-state index in [4.69, 9.17) is 16.3 Å². The molecular formula is C7H13ClO. The van der Waals surface area contributed by atoms with Crippen molar-refractivity contribution in [3.05, 3.63) is 0 Å². The molecule has 2 heteroatoms. The first-order chi connectivity index (χ1) is 4.38. The highest BCUT2D eigenvalue weighted by molar-refractivity contribution is 6.18. The quantitative estimate of drug-likeness (QED) is 0.440. The van der Waals surface area contributed by atoms with Gasteiger partial charge < -0.3 is 4.74 Å². The van der Waals surface area contributed by atoms with Crippen LogP contribution >= 0.6 is 11.6 Å². The first kappa shape index (κ1) is 7.36. The molecule has 0 saturated carbocycles. The minimum atomic E-state index is 0.387. The van der Waals surface area contributed by atoms with Crippen molar-refractivity contribution in [3.63, 3.8) is 0 Å². The van der Waals surface area contributed by atoms with Crippen molar-refractivity contribution in [3.8, 4) is 0 Å². The summed E-state index contributed by atoms with van der Waals surface area (Å²) in [5.74, 6) is 0.675. The van der Waals surface area contributed by atoms with Gasteiger partial charge in [0, 0.05) is 0 Å². The monoisotopic (exact) mass is 148 g/mol. The molecule has 0 radical (unpaired) electrons. The number of unbranched alkanes of at least 4 members (excludes halogenated alkanes) is 1. The Bertz CT molecular complexity index is 85.0. The lowest BCUT2D eigenvalue weighted by Crippen LogP contribution is -1.93. The molecule has 0 aromatic rings. The second-order valence-corrected chi connectivity index (χ2v) is 2.82. The van der Waals surface area contributed by atoms with Crippen LogP contribution in [0, 0.1) is 0 Å². The number of epoxide rings is 1. The molecule has 1 heterocycles. The fourth-order valence-electron chi connectivity index (χ4n) is 0.974. The Morgan fingerprint density at radius 1 is 1.44 bits per heavy atom. The van der Waals surface area contributed by atoms with Crippen LogP contribution in [0.15, 0.2) is 0 Å². The minimum Gasteiger partial charge on any atom is -0.368 e. The van der Waals surface area contributed by atoms with E-state index in [1.54, 1.807) is 0 Å². The van der Waals surface area contributed by atoms with Crippen molar-refractivity contribution < 1.29 is 4.74 Å². The standard InChI is InChI=1S/C7H13ClO/c1-2-3-4-6-7(5-8)9-6/h6-7H,2-5H2,1H3/t6-,7+/m0/s1. The van der Waals surface area contributed by atoms with Crippen LogP contribution in [0.5, 0.6) is 0 Å². The van der Waals surface area contributed by atoms with E-state index in [1.807, 2.05) is 0 Å². The topological polar surface area (TPSA) is 12.5 Å². The van der Waals surface area contributed by atoms with Gasteiger partial charge in [0.05, 0.1) is 18.1 Å². The van der Waals surface area contributed by atoms with Gasteiger partial charge >= 0.3 is 0 Å². The van der Waals surface area contributed by atoms with Crippen LogP contribution in [-0.2, 0) is 4.74 Å². The van der Waals surface area contributed by atoms with E-state index in [1.165, 1.54) is 19.3 Å². The fraction of sp³-hybridized carbons (Fsp3) is 1.00. The zero-order chi connectivity index (χ0) is 6.69. The van der Waals surface area contributed by atoms with E-state index in [0.717, 1.165) is 0 Å². The summed E-state index contributed by atoms with van der Waals surface area (Å²) >= 11 is 5.55. The molecule has 0 aromatic heterocycles. The van der Waals surface area contributed by atoms with Gasteiger partial charge in [-0.15, -0.1) is 11.6 Å². The summed E-state index contributed by atoms with van der Waals surface area (Å²) in [6.07, 6.45) is 4.63. The maximum Gasteiger partial charge on any atom is 0.0976 e. The van der Waals surface area contributed by atoms with Crippen LogP contribution in [0.2, 0.25) is 0 Å². The van der Waals surface area contributed by atoms with Gasteiger partial charge in [-0.2, -0.15) is 0 Å². The van der Waals surface area contributed by atoms with Gasteiger partial charge in [-0.3, -0.25) is 0 Å². The third kappa shape index (κ3) is 2.15. The summed E-state index contributed by atoms with van der Waals surface area (Å²) < 4.78 is 5.24. The van der Waals surface area contributed by atoms with Gasteiger partial charge in [0.1, 0.15) is 0 Å². The molecule has 9 heavy (non-hydrogen) atoms. The van der Waals surface area contributed by atoms with Crippen LogP contribution in [0.4, 0.5) is 0 Å². The molecule has 1 nitrogen and oxygen atoms in total. The SMILES string of the molecule is CCCC[C@@H]1O[C@@H]1CCl. The largest absolute Gasteiger partial charge is 0.368 e. The highest BCUT2D eigenvalue weighted by atomic mass is 35.5. The van der Waals surface area contributed by atoms with E-state index in [2.05, 4.69) is 6.92 Å². The van der Waals surface area contributed by atoms with Crippen LogP contribution in [-0.4, -0.2) is 18.1 Å². The number of rotatable bonds is 4. The summed E-state index contributed by atoms with van der Waals surface area (Å²) in [5, 5.41) is 0. The molecule has 0 bridgehead atoms. The normalized spacial score (nSPS) is 32.7. The zero-order valence-corrected chi connectivity index (χ0v) is 6.53. The van der Waals surface area contributed by atoms with E-state index in [0.29, 0.717) is 18.1 Å². The molecule has 1 aliphatic rings. The molecule has 0 N–H and O–H groups in total. The Morgan fingerprint density at radius 3 is 2.67 bits per heavy atom. The Hall–Kier alpha value is 0.250. The minimum absolute atomic E-state index is 0.387. The molecule has 0 aliphatic carbocycles. The van der Waals surface area contributed by atoms with Crippen LogP contribution in [0.25, 0.3) is 0 Å². The van der Waals surface area contributed by atoms with E-state index < -0.39 is 0 Å². The number of alkyl halides is 1.